The van der Waals surface area contributed by atoms with Crippen molar-refractivity contribution >= 4 is 21.2 Å². The molecule has 6 nitrogen and oxygen atoms in total. The van der Waals surface area contributed by atoms with Gasteiger partial charge in [-0.2, -0.15) is 18.4 Å². The highest BCUT2D eigenvalue weighted by atomic mass is 32.2. The van der Waals surface area contributed by atoms with E-state index in [-0.39, 0.29) is 17.0 Å². The van der Waals surface area contributed by atoms with Gasteiger partial charge in [0, 0.05) is 17.6 Å². The van der Waals surface area contributed by atoms with Crippen LogP contribution in [0.15, 0.2) is 112 Å². The van der Waals surface area contributed by atoms with E-state index in [0.29, 0.717) is 34.1 Å². The maximum atomic E-state index is 14.2. The zero-order chi connectivity index (χ0) is 33.6. The number of hydrogen-bond donors (Lipinski definition) is 3. The van der Waals surface area contributed by atoms with Crippen LogP contribution in [0.25, 0.3) is 0 Å². The molecule has 2 aliphatic rings. The van der Waals surface area contributed by atoms with Gasteiger partial charge in [-0.1, -0.05) is 49.4 Å². The molecule has 246 valence electrons. The van der Waals surface area contributed by atoms with E-state index in [4.69, 9.17) is 0 Å². The number of rotatable bonds is 13. The largest absolute Gasteiger partial charge is 0.416 e. The van der Waals surface area contributed by atoms with Gasteiger partial charge in [-0.15, -0.1) is 0 Å². The number of hydrogen-bond acceptors (Lipinski definition) is 6. The Kier molecular flexibility index (Phi) is 10.6. The van der Waals surface area contributed by atoms with Crippen LogP contribution in [0.4, 0.5) is 24.5 Å². The predicted octanol–water partition coefficient (Wildman–Crippen LogP) is 8.80. The van der Waals surface area contributed by atoms with E-state index in [0.717, 1.165) is 61.9 Å². The SMILES string of the molecule is CC/C=C(/C=C(\Nc1cccc(C#N)c1)C(Nc1cccc(C(NCC2CC2)c2ccccc2S(C)(=O)=O)c1)=C1CCC1)C(F)(F)F. The Labute approximate surface area is 275 Å². The Hall–Kier alpha value is -4.33. The molecule has 47 heavy (non-hydrogen) atoms. The lowest BCUT2D eigenvalue weighted by atomic mass is 9.89. The fourth-order valence-electron chi connectivity index (χ4n) is 5.59. The number of alkyl halides is 3. The molecule has 0 saturated heterocycles. The van der Waals surface area contributed by atoms with Crippen LogP contribution in [0.1, 0.15) is 68.2 Å². The number of allylic oxidation sites excluding steroid dienone is 4. The van der Waals surface area contributed by atoms with E-state index in [1.165, 1.54) is 6.26 Å². The fourth-order valence-corrected chi connectivity index (χ4v) is 6.53. The van der Waals surface area contributed by atoms with Crippen molar-refractivity contribution in [1.82, 2.24) is 5.32 Å². The smallest absolute Gasteiger partial charge is 0.354 e. The molecule has 0 aliphatic heterocycles. The minimum Gasteiger partial charge on any atom is -0.354 e. The number of anilines is 2. The molecular formula is C37H39F3N4O2S. The first-order valence-corrected chi connectivity index (χ1v) is 17.7. The average Bonchev–Trinajstić information content (AvgIpc) is 3.83. The van der Waals surface area contributed by atoms with Gasteiger partial charge in [-0.05, 0) is 110 Å². The molecule has 3 aromatic rings. The highest BCUT2D eigenvalue weighted by Crippen LogP contribution is 2.37. The Bertz CT molecular complexity index is 1850. The molecule has 0 amide bonds. The highest BCUT2D eigenvalue weighted by Gasteiger charge is 2.33. The lowest BCUT2D eigenvalue weighted by molar-refractivity contribution is -0.0884. The summed E-state index contributed by atoms with van der Waals surface area (Å²) >= 11 is 0. The van der Waals surface area contributed by atoms with Crippen LogP contribution < -0.4 is 16.0 Å². The molecule has 5 rings (SSSR count). The standard InChI is InChI=1S/C37H39F3N4O2S/c1-3-9-29(37(38,39)40)22-33(43-30-14-6-10-26(20-30)23-41)36(27-11-7-12-27)44-31-15-8-13-28(21-31)35(42-24-25-18-19-25)32-16-4-5-17-34(32)47(2,45)46/h4-6,8-10,13-17,20-22,25,35,42-44H,3,7,11-12,18-19,24H2,1-2H3/b29-9-,33-22-. The van der Waals surface area contributed by atoms with E-state index in [9.17, 15) is 26.9 Å². The van der Waals surface area contributed by atoms with Crippen LogP contribution in [0, 0.1) is 17.2 Å². The van der Waals surface area contributed by atoms with E-state index in [1.807, 2.05) is 36.4 Å². The molecular weight excluding hydrogens is 621 g/mol. The summed E-state index contributed by atoms with van der Waals surface area (Å²) in [5, 5.41) is 19.6. The molecule has 0 heterocycles. The molecule has 1 atom stereocenters. The third-order valence-electron chi connectivity index (χ3n) is 8.33. The molecule has 0 aromatic heterocycles. The predicted molar refractivity (Wildman–Crippen MR) is 180 cm³/mol. The van der Waals surface area contributed by atoms with E-state index in [1.54, 1.807) is 43.3 Å². The summed E-state index contributed by atoms with van der Waals surface area (Å²) in [6, 6.07) is 22.8. The van der Waals surface area contributed by atoms with Gasteiger partial charge in [0.05, 0.1) is 39.5 Å². The van der Waals surface area contributed by atoms with Crippen molar-refractivity contribution in [3.8, 4) is 6.07 Å². The number of halogens is 3. The summed E-state index contributed by atoms with van der Waals surface area (Å²) in [5.74, 6) is 0.538. The second-order valence-electron chi connectivity index (χ2n) is 12.1. The van der Waals surface area contributed by atoms with Crippen LogP contribution in [0.5, 0.6) is 0 Å². The normalized spacial score (nSPS) is 16.2. The Balaban J connectivity index is 1.57. The van der Waals surface area contributed by atoms with Crippen molar-refractivity contribution in [1.29, 1.82) is 5.26 Å². The molecule has 1 unspecified atom stereocenters. The second kappa shape index (κ2) is 14.6. The van der Waals surface area contributed by atoms with E-state index in [2.05, 4.69) is 22.0 Å². The van der Waals surface area contributed by atoms with Crippen molar-refractivity contribution in [2.75, 3.05) is 23.4 Å². The minimum absolute atomic E-state index is 0.202. The summed E-state index contributed by atoms with van der Waals surface area (Å²) in [7, 11) is -3.52. The molecule has 2 aliphatic carbocycles. The van der Waals surface area contributed by atoms with Crippen LogP contribution in [-0.2, 0) is 9.84 Å². The van der Waals surface area contributed by atoms with Crippen molar-refractivity contribution < 1.29 is 21.6 Å². The first-order valence-electron chi connectivity index (χ1n) is 15.8. The maximum Gasteiger partial charge on any atom is 0.416 e. The molecule has 0 radical (unpaired) electrons. The van der Waals surface area contributed by atoms with Gasteiger partial charge in [0.2, 0.25) is 0 Å². The first-order chi connectivity index (χ1) is 22.5. The Morgan fingerprint density at radius 2 is 1.70 bits per heavy atom. The van der Waals surface area contributed by atoms with Crippen molar-refractivity contribution in [2.45, 2.75) is 62.6 Å². The highest BCUT2D eigenvalue weighted by molar-refractivity contribution is 7.90. The second-order valence-corrected chi connectivity index (χ2v) is 14.1. The van der Waals surface area contributed by atoms with Crippen molar-refractivity contribution in [3.63, 3.8) is 0 Å². The number of sulfone groups is 1. The Morgan fingerprint density at radius 3 is 2.32 bits per heavy atom. The quantitative estimate of drug-likeness (QED) is 0.159. The van der Waals surface area contributed by atoms with E-state index < -0.39 is 27.6 Å². The number of nitrogens with zero attached hydrogens (tertiary/aromatic N) is 1. The lowest BCUT2D eigenvalue weighted by Gasteiger charge is -2.27. The van der Waals surface area contributed by atoms with Crippen LogP contribution >= 0.6 is 0 Å². The first kappa shape index (κ1) is 34.0. The van der Waals surface area contributed by atoms with Gasteiger partial charge in [0.25, 0.3) is 0 Å². The number of nitriles is 1. The molecule has 3 aromatic carbocycles. The molecule has 2 fully saturated rings. The molecule has 0 spiro atoms. The average molecular weight is 661 g/mol. The third-order valence-corrected chi connectivity index (χ3v) is 9.50. The van der Waals surface area contributed by atoms with Crippen molar-refractivity contribution in [3.05, 3.63) is 124 Å². The number of benzene rings is 3. The van der Waals surface area contributed by atoms with Crippen molar-refractivity contribution in [2.24, 2.45) is 5.92 Å². The topological polar surface area (TPSA) is 94.0 Å². The van der Waals surface area contributed by atoms with Crippen LogP contribution in [-0.4, -0.2) is 27.4 Å². The van der Waals surface area contributed by atoms with Gasteiger partial charge in [-0.3, -0.25) is 0 Å². The van der Waals surface area contributed by atoms with Gasteiger partial charge >= 0.3 is 6.18 Å². The zero-order valence-electron chi connectivity index (χ0n) is 26.5. The third kappa shape index (κ3) is 8.93. The molecule has 0 bridgehead atoms. The van der Waals surface area contributed by atoms with Crippen LogP contribution in [0.2, 0.25) is 0 Å². The van der Waals surface area contributed by atoms with E-state index >= 15 is 0 Å². The monoisotopic (exact) mass is 660 g/mol. The summed E-state index contributed by atoms with van der Waals surface area (Å²) < 4.78 is 68.1. The van der Waals surface area contributed by atoms with Gasteiger partial charge in [0.15, 0.2) is 9.84 Å². The number of nitrogens with one attached hydrogen (secondary N) is 3. The van der Waals surface area contributed by atoms with Gasteiger partial charge in [-0.25, -0.2) is 8.42 Å². The van der Waals surface area contributed by atoms with Gasteiger partial charge in [0.1, 0.15) is 0 Å². The zero-order valence-corrected chi connectivity index (χ0v) is 27.3. The van der Waals surface area contributed by atoms with Gasteiger partial charge < -0.3 is 16.0 Å². The summed E-state index contributed by atoms with van der Waals surface area (Å²) in [4.78, 5) is 0.250. The summed E-state index contributed by atoms with van der Waals surface area (Å²) in [6.07, 6.45) is 3.74. The Morgan fingerprint density at radius 1 is 1.00 bits per heavy atom. The summed E-state index contributed by atoms with van der Waals surface area (Å²) in [5.41, 5.74) is 3.98. The molecule has 2 saturated carbocycles. The molecule has 10 heteroatoms. The lowest BCUT2D eigenvalue weighted by Crippen LogP contribution is -2.26. The maximum absolute atomic E-state index is 14.2. The summed E-state index contributed by atoms with van der Waals surface area (Å²) in [6.45, 7) is 2.39. The van der Waals surface area contributed by atoms with Crippen LogP contribution in [0.3, 0.4) is 0 Å². The molecule has 3 N–H and O–H groups in total. The minimum atomic E-state index is -4.57. The fraction of sp³-hybridized carbons (Fsp3) is 0.324.